The summed E-state index contributed by atoms with van der Waals surface area (Å²) in [5, 5.41) is 23.0. The van der Waals surface area contributed by atoms with Crippen LogP contribution in [-0.2, 0) is 14.3 Å². The minimum atomic E-state index is -0.845. The number of hydrogen-bond acceptors (Lipinski definition) is 5. The standard InChI is InChI=1S/C55H107NO5/c1-3-5-7-9-11-13-15-23-27-31-35-39-43-47-53(58)52(51-57)56-54(59)48-44-40-36-32-28-25-21-19-17-18-20-22-26-30-34-38-42-46-50-61-55(60)49-45-41-37-33-29-24-16-14-12-10-8-6-4-2/h43,47,52-53,57-58H,3-42,44-46,48-51H2,1-2H3,(H,56,59)/b47-43+. The quantitative estimate of drug-likeness (QED) is 0.0322. The molecule has 0 aliphatic heterocycles. The Bertz CT molecular complexity index is 909. The zero-order valence-corrected chi connectivity index (χ0v) is 41.2. The van der Waals surface area contributed by atoms with E-state index in [0.717, 1.165) is 38.5 Å². The fourth-order valence-electron chi connectivity index (χ4n) is 8.58. The van der Waals surface area contributed by atoms with Gasteiger partial charge in [0.2, 0.25) is 5.91 Å². The molecule has 0 aromatic rings. The second-order valence-corrected chi connectivity index (χ2v) is 18.9. The average Bonchev–Trinajstić information content (AvgIpc) is 3.26. The Balaban J connectivity index is 3.42. The Morgan fingerprint density at radius 3 is 1.11 bits per heavy atom. The number of rotatable bonds is 51. The van der Waals surface area contributed by atoms with Gasteiger partial charge in [-0.1, -0.05) is 270 Å². The van der Waals surface area contributed by atoms with E-state index >= 15 is 0 Å². The third kappa shape index (κ3) is 47.9. The van der Waals surface area contributed by atoms with E-state index in [1.54, 1.807) is 6.08 Å². The lowest BCUT2D eigenvalue weighted by molar-refractivity contribution is -0.143. The summed E-state index contributed by atoms with van der Waals surface area (Å²) in [4.78, 5) is 24.4. The maximum atomic E-state index is 12.4. The maximum absolute atomic E-state index is 12.4. The number of amides is 1. The first-order chi connectivity index (χ1) is 30.0. The van der Waals surface area contributed by atoms with E-state index in [9.17, 15) is 19.8 Å². The van der Waals surface area contributed by atoms with Crippen LogP contribution in [0.3, 0.4) is 0 Å². The topological polar surface area (TPSA) is 95.9 Å². The first-order valence-corrected chi connectivity index (χ1v) is 27.5. The van der Waals surface area contributed by atoms with Gasteiger partial charge in [0, 0.05) is 12.8 Å². The van der Waals surface area contributed by atoms with Crippen LogP contribution >= 0.6 is 0 Å². The van der Waals surface area contributed by atoms with Crippen LogP contribution in [-0.4, -0.2) is 47.4 Å². The van der Waals surface area contributed by atoms with Crippen LogP contribution in [0.2, 0.25) is 0 Å². The Labute approximate surface area is 380 Å². The molecule has 6 heteroatoms. The van der Waals surface area contributed by atoms with Gasteiger partial charge in [-0.3, -0.25) is 9.59 Å². The smallest absolute Gasteiger partial charge is 0.305 e. The molecule has 0 aliphatic carbocycles. The molecule has 0 spiro atoms. The van der Waals surface area contributed by atoms with Crippen LogP contribution in [0.15, 0.2) is 12.2 Å². The number of aliphatic hydroxyl groups is 2. The van der Waals surface area contributed by atoms with Crippen molar-refractivity contribution in [2.75, 3.05) is 13.2 Å². The molecule has 0 aromatic heterocycles. The van der Waals surface area contributed by atoms with Crippen molar-refractivity contribution in [3.05, 3.63) is 12.2 Å². The molecule has 3 N–H and O–H groups in total. The van der Waals surface area contributed by atoms with Crippen LogP contribution < -0.4 is 5.32 Å². The normalized spacial score (nSPS) is 12.7. The number of carbonyl (C=O) groups excluding carboxylic acids is 2. The highest BCUT2D eigenvalue weighted by molar-refractivity contribution is 5.76. The molecule has 0 aromatic carbocycles. The molecule has 0 saturated carbocycles. The zero-order valence-electron chi connectivity index (χ0n) is 41.2. The van der Waals surface area contributed by atoms with Crippen molar-refractivity contribution in [1.82, 2.24) is 5.32 Å². The number of carbonyl (C=O) groups is 2. The van der Waals surface area contributed by atoms with Crippen molar-refractivity contribution in [1.29, 1.82) is 0 Å². The number of hydrogen-bond donors (Lipinski definition) is 3. The highest BCUT2D eigenvalue weighted by atomic mass is 16.5. The van der Waals surface area contributed by atoms with Crippen molar-refractivity contribution in [2.24, 2.45) is 0 Å². The number of aliphatic hydroxyl groups excluding tert-OH is 2. The summed E-state index contributed by atoms with van der Waals surface area (Å²) in [5.41, 5.74) is 0. The third-order valence-electron chi connectivity index (χ3n) is 12.8. The first kappa shape index (κ1) is 59.6. The van der Waals surface area contributed by atoms with E-state index < -0.39 is 12.1 Å². The van der Waals surface area contributed by atoms with Crippen LogP contribution in [0.25, 0.3) is 0 Å². The molecule has 362 valence electrons. The summed E-state index contributed by atoms with van der Waals surface area (Å²) in [6.45, 7) is 4.90. The molecule has 1 amide bonds. The first-order valence-electron chi connectivity index (χ1n) is 27.5. The monoisotopic (exact) mass is 862 g/mol. The molecule has 0 aliphatic rings. The summed E-state index contributed by atoms with van der Waals surface area (Å²) in [7, 11) is 0. The molecule has 0 saturated heterocycles. The second kappa shape index (κ2) is 51.2. The Morgan fingerprint density at radius 1 is 0.443 bits per heavy atom. The summed E-state index contributed by atoms with van der Waals surface area (Å²) >= 11 is 0. The molecule has 6 nitrogen and oxygen atoms in total. The third-order valence-corrected chi connectivity index (χ3v) is 12.8. The van der Waals surface area contributed by atoms with Crippen molar-refractivity contribution < 1.29 is 24.5 Å². The molecule has 2 unspecified atom stereocenters. The molecule has 2 atom stereocenters. The lowest BCUT2D eigenvalue weighted by Gasteiger charge is -2.20. The van der Waals surface area contributed by atoms with Gasteiger partial charge >= 0.3 is 5.97 Å². The number of allylic oxidation sites excluding steroid dienone is 1. The zero-order chi connectivity index (χ0) is 44.4. The molecular formula is C55H107NO5. The van der Waals surface area contributed by atoms with Gasteiger partial charge in [0.1, 0.15) is 0 Å². The fraction of sp³-hybridized carbons (Fsp3) is 0.927. The second-order valence-electron chi connectivity index (χ2n) is 18.9. The van der Waals surface area contributed by atoms with E-state index in [0.29, 0.717) is 19.4 Å². The van der Waals surface area contributed by atoms with Crippen molar-refractivity contribution in [3.8, 4) is 0 Å². The SMILES string of the molecule is CCCCCCCCCCCCC/C=C/C(O)C(CO)NC(=O)CCCCCCCCCCCCCCCCCCCCOC(=O)CCCCCCCCCCCCCCC. The molecule has 0 radical (unpaired) electrons. The van der Waals surface area contributed by atoms with Crippen molar-refractivity contribution >= 4 is 11.9 Å². The van der Waals surface area contributed by atoms with Crippen LogP contribution in [0.1, 0.15) is 303 Å². The number of esters is 1. The maximum Gasteiger partial charge on any atom is 0.305 e. The summed E-state index contributed by atoms with van der Waals surface area (Å²) in [5.74, 6) is -0.0630. The minimum absolute atomic E-state index is 0.00818. The van der Waals surface area contributed by atoms with Gasteiger partial charge in [-0.2, -0.15) is 0 Å². The number of ether oxygens (including phenoxy) is 1. The van der Waals surface area contributed by atoms with E-state index in [1.807, 2.05) is 6.08 Å². The Morgan fingerprint density at radius 2 is 0.754 bits per heavy atom. The van der Waals surface area contributed by atoms with Gasteiger partial charge in [0.15, 0.2) is 0 Å². The summed E-state index contributed by atoms with van der Waals surface area (Å²) < 4.78 is 5.47. The Hall–Kier alpha value is -1.40. The van der Waals surface area contributed by atoms with Gasteiger partial charge < -0.3 is 20.3 Å². The van der Waals surface area contributed by atoms with Crippen molar-refractivity contribution in [2.45, 2.75) is 315 Å². The average molecular weight is 862 g/mol. The highest BCUT2D eigenvalue weighted by Gasteiger charge is 2.18. The fourth-order valence-corrected chi connectivity index (χ4v) is 8.58. The van der Waals surface area contributed by atoms with Gasteiger partial charge in [-0.05, 0) is 32.1 Å². The van der Waals surface area contributed by atoms with Crippen LogP contribution in [0.4, 0.5) is 0 Å². The largest absolute Gasteiger partial charge is 0.466 e. The molecule has 0 fully saturated rings. The van der Waals surface area contributed by atoms with Crippen molar-refractivity contribution in [3.63, 3.8) is 0 Å². The summed E-state index contributed by atoms with van der Waals surface area (Å²) in [6.07, 6.45) is 59.3. The van der Waals surface area contributed by atoms with E-state index in [-0.39, 0.29) is 18.5 Å². The predicted molar refractivity (Wildman–Crippen MR) is 264 cm³/mol. The molecule has 61 heavy (non-hydrogen) atoms. The van der Waals surface area contributed by atoms with Gasteiger partial charge in [-0.25, -0.2) is 0 Å². The van der Waals surface area contributed by atoms with Gasteiger partial charge in [0.25, 0.3) is 0 Å². The van der Waals surface area contributed by atoms with Crippen LogP contribution in [0.5, 0.6) is 0 Å². The van der Waals surface area contributed by atoms with Gasteiger partial charge in [-0.15, -0.1) is 0 Å². The number of nitrogens with one attached hydrogen (secondary N) is 1. The summed E-state index contributed by atoms with van der Waals surface area (Å²) in [6, 6.07) is -0.629. The number of unbranched alkanes of at least 4 members (excludes halogenated alkanes) is 40. The molecule has 0 bridgehead atoms. The lowest BCUT2D eigenvalue weighted by Crippen LogP contribution is -2.45. The predicted octanol–water partition coefficient (Wildman–Crippen LogP) is 16.5. The minimum Gasteiger partial charge on any atom is -0.466 e. The van der Waals surface area contributed by atoms with E-state index in [4.69, 9.17) is 4.74 Å². The lowest BCUT2D eigenvalue weighted by atomic mass is 10.0. The van der Waals surface area contributed by atoms with Crippen LogP contribution in [0, 0.1) is 0 Å². The molecule has 0 heterocycles. The van der Waals surface area contributed by atoms with E-state index in [2.05, 4.69) is 19.2 Å². The van der Waals surface area contributed by atoms with Gasteiger partial charge in [0.05, 0.1) is 25.4 Å². The molecule has 0 rings (SSSR count). The highest BCUT2D eigenvalue weighted by Crippen LogP contribution is 2.17. The molecular weight excluding hydrogens is 755 g/mol. The Kier molecular flexibility index (Phi) is 50.1. The van der Waals surface area contributed by atoms with E-state index in [1.165, 1.54) is 238 Å².